The molecule has 0 heterocycles. The summed E-state index contributed by atoms with van der Waals surface area (Å²) < 4.78 is 0. The average molecular weight is 285 g/mol. The largest absolute Gasteiger partial charge is 0.325 e. The normalized spacial score (nSPS) is 17.0. The van der Waals surface area contributed by atoms with E-state index in [2.05, 4.69) is 16.7 Å². The summed E-state index contributed by atoms with van der Waals surface area (Å²) in [6, 6.07) is 7.69. The molecule has 2 rings (SSSR count). The Hall–Kier alpha value is -1.86. The molecule has 1 amide bonds. The molecule has 0 aliphatic heterocycles. The monoisotopic (exact) mass is 285 g/mol. The maximum Gasteiger partial charge on any atom is 0.226 e. The smallest absolute Gasteiger partial charge is 0.226 e. The van der Waals surface area contributed by atoms with E-state index < -0.39 is 0 Å². The van der Waals surface area contributed by atoms with Gasteiger partial charge in [-0.15, -0.1) is 0 Å². The van der Waals surface area contributed by atoms with Crippen LogP contribution in [0.5, 0.6) is 0 Å². The molecule has 0 saturated heterocycles. The number of carbonyl (C=O) groups is 1. The molecule has 2 N–H and O–H groups in total. The van der Waals surface area contributed by atoms with Crippen molar-refractivity contribution in [1.29, 1.82) is 5.26 Å². The number of amides is 1. The topological polar surface area (TPSA) is 64.9 Å². The Morgan fingerprint density at radius 1 is 1.33 bits per heavy atom. The zero-order valence-electron chi connectivity index (χ0n) is 12.8. The standard InChI is InChI=1S/C17H23N3O/c1-13-7-6-8-15(14(13)12-18)20-16(21)11-17(19-2)9-4-3-5-10-17/h6-8,19H,3-5,9-11H2,1-2H3,(H,20,21). The molecule has 1 fully saturated rings. The van der Waals surface area contributed by atoms with Crippen molar-refractivity contribution in [3.8, 4) is 6.07 Å². The van der Waals surface area contributed by atoms with Gasteiger partial charge in [0.25, 0.3) is 0 Å². The quantitative estimate of drug-likeness (QED) is 0.893. The molecule has 1 saturated carbocycles. The number of nitrogens with one attached hydrogen (secondary N) is 2. The van der Waals surface area contributed by atoms with Gasteiger partial charge in [-0.1, -0.05) is 31.4 Å². The SMILES string of the molecule is CNC1(CC(=O)Nc2cccc(C)c2C#N)CCCCC1. The molecule has 1 aliphatic carbocycles. The minimum atomic E-state index is -0.0844. The second-order valence-electron chi connectivity index (χ2n) is 5.93. The van der Waals surface area contributed by atoms with Gasteiger partial charge in [0.2, 0.25) is 5.91 Å². The minimum Gasteiger partial charge on any atom is -0.325 e. The Kier molecular flexibility index (Phi) is 4.98. The molecule has 4 nitrogen and oxygen atoms in total. The van der Waals surface area contributed by atoms with Gasteiger partial charge in [-0.3, -0.25) is 4.79 Å². The molecular weight excluding hydrogens is 262 g/mol. The Balaban J connectivity index is 2.08. The predicted molar refractivity (Wildman–Crippen MR) is 84.0 cm³/mol. The van der Waals surface area contributed by atoms with Crippen LogP contribution in [0, 0.1) is 18.3 Å². The third-order valence-electron chi connectivity index (χ3n) is 4.50. The Labute approximate surface area is 126 Å². The van der Waals surface area contributed by atoms with Crippen molar-refractivity contribution in [2.45, 2.75) is 51.0 Å². The summed E-state index contributed by atoms with van der Waals surface area (Å²) in [6.07, 6.45) is 6.12. The van der Waals surface area contributed by atoms with Crippen molar-refractivity contribution in [2.75, 3.05) is 12.4 Å². The lowest BCUT2D eigenvalue weighted by Crippen LogP contribution is -2.47. The van der Waals surface area contributed by atoms with Crippen molar-refractivity contribution in [2.24, 2.45) is 0 Å². The van der Waals surface area contributed by atoms with Crippen LogP contribution in [0.25, 0.3) is 0 Å². The molecule has 4 heteroatoms. The van der Waals surface area contributed by atoms with Crippen LogP contribution in [0.2, 0.25) is 0 Å². The molecule has 0 unspecified atom stereocenters. The Bertz CT molecular complexity index is 554. The molecule has 0 atom stereocenters. The first-order valence-corrected chi connectivity index (χ1v) is 7.59. The summed E-state index contributed by atoms with van der Waals surface area (Å²) >= 11 is 0. The lowest BCUT2D eigenvalue weighted by Gasteiger charge is -2.36. The Morgan fingerprint density at radius 2 is 2.05 bits per heavy atom. The lowest BCUT2D eigenvalue weighted by molar-refractivity contribution is -0.117. The van der Waals surface area contributed by atoms with Crippen LogP contribution >= 0.6 is 0 Å². The fraction of sp³-hybridized carbons (Fsp3) is 0.529. The molecular formula is C17H23N3O. The van der Waals surface area contributed by atoms with E-state index in [1.165, 1.54) is 19.3 Å². The van der Waals surface area contributed by atoms with Gasteiger partial charge >= 0.3 is 0 Å². The van der Waals surface area contributed by atoms with Crippen molar-refractivity contribution >= 4 is 11.6 Å². The molecule has 0 aromatic heterocycles. The van der Waals surface area contributed by atoms with Gasteiger partial charge in [-0.25, -0.2) is 0 Å². The van der Waals surface area contributed by atoms with Gasteiger partial charge in [0, 0.05) is 12.0 Å². The minimum absolute atomic E-state index is 0.0200. The average Bonchev–Trinajstić information content (AvgIpc) is 2.48. The fourth-order valence-corrected chi connectivity index (χ4v) is 3.17. The molecule has 21 heavy (non-hydrogen) atoms. The van der Waals surface area contributed by atoms with Crippen LogP contribution in [0.1, 0.15) is 49.7 Å². The van der Waals surface area contributed by atoms with E-state index in [1.807, 2.05) is 26.1 Å². The second-order valence-corrected chi connectivity index (χ2v) is 5.93. The number of nitrogens with zero attached hydrogens (tertiary/aromatic N) is 1. The van der Waals surface area contributed by atoms with Crippen molar-refractivity contribution in [1.82, 2.24) is 5.32 Å². The van der Waals surface area contributed by atoms with Crippen LogP contribution < -0.4 is 10.6 Å². The first-order valence-electron chi connectivity index (χ1n) is 7.59. The number of hydrogen-bond acceptors (Lipinski definition) is 3. The summed E-state index contributed by atoms with van der Waals surface area (Å²) in [5.41, 5.74) is 1.97. The van der Waals surface area contributed by atoms with Crippen LogP contribution in [0.4, 0.5) is 5.69 Å². The van der Waals surface area contributed by atoms with E-state index >= 15 is 0 Å². The number of anilines is 1. The summed E-state index contributed by atoms with van der Waals surface area (Å²) in [6.45, 7) is 1.88. The Morgan fingerprint density at radius 3 is 2.67 bits per heavy atom. The van der Waals surface area contributed by atoms with E-state index in [4.69, 9.17) is 0 Å². The highest BCUT2D eigenvalue weighted by molar-refractivity contribution is 5.93. The van der Waals surface area contributed by atoms with Gasteiger partial charge in [-0.2, -0.15) is 5.26 Å². The lowest BCUT2D eigenvalue weighted by atomic mass is 9.79. The van der Waals surface area contributed by atoms with Crippen LogP contribution in [0.15, 0.2) is 18.2 Å². The number of carbonyl (C=O) groups excluding carboxylic acids is 1. The zero-order chi connectivity index (χ0) is 15.3. The number of hydrogen-bond donors (Lipinski definition) is 2. The third kappa shape index (κ3) is 3.62. The molecule has 0 radical (unpaired) electrons. The van der Waals surface area contributed by atoms with Gasteiger partial charge in [0.15, 0.2) is 0 Å². The first kappa shape index (κ1) is 15.5. The third-order valence-corrected chi connectivity index (χ3v) is 4.50. The first-order chi connectivity index (χ1) is 10.1. The van der Waals surface area contributed by atoms with Crippen LogP contribution in [0.3, 0.4) is 0 Å². The fourth-order valence-electron chi connectivity index (χ4n) is 3.17. The van der Waals surface area contributed by atoms with Gasteiger partial charge < -0.3 is 10.6 Å². The van der Waals surface area contributed by atoms with Crippen molar-refractivity contribution in [3.63, 3.8) is 0 Å². The molecule has 0 bridgehead atoms. The number of benzene rings is 1. The highest BCUT2D eigenvalue weighted by Gasteiger charge is 2.32. The zero-order valence-corrected chi connectivity index (χ0v) is 12.8. The molecule has 1 aliphatic rings. The molecule has 0 spiro atoms. The van der Waals surface area contributed by atoms with Crippen LogP contribution in [-0.2, 0) is 4.79 Å². The van der Waals surface area contributed by atoms with Gasteiger partial charge in [-0.05, 0) is 38.4 Å². The summed E-state index contributed by atoms with van der Waals surface area (Å²) in [4.78, 5) is 12.4. The highest BCUT2D eigenvalue weighted by atomic mass is 16.1. The molecule has 1 aromatic carbocycles. The highest BCUT2D eigenvalue weighted by Crippen LogP contribution is 2.31. The van der Waals surface area contributed by atoms with E-state index in [-0.39, 0.29) is 11.4 Å². The maximum atomic E-state index is 12.4. The number of nitriles is 1. The van der Waals surface area contributed by atoms with E-state index in [0.717, 1.165) is 18.4 Å². The number of rotatable bonds is 4. The van der Waals surface area contributed by atoms with E-state index in [9.17, 15) is 10.1 Å². The van der Waals surface area contributed by atoms with Crippen molar-refractivity contribution in [3.05, 3.63) is 29.3 Å². The summed E-state index contributed by atoms with van der Waals surface area (Å²) in [5.74, 6) is -0.0200. The summed E-state index contributed by atoms with van der Waals surface area (Å²) in [7, 11) is 1.94. The summed E-state index contributed by atoms with van der Waals surface area (Å²) in [5, 5.41) is 15.5. The van der Waals surface area contributed by atoms with E-state index in [1.54, 1.807) is 6.07 Å². The predicted octanol–water partition coefficient (Wildman–Crippen LogP) is 3.12. The number of aryl methyl sites for hydroxylation is 1. The van der Waals surface area contributed by atoms with Gasteiger partial charge in [0.1, 0.15) is 6.07 Å². The molecule has 1 aromatic rings. The van der Waals surface area contributed by atoms with Gasteiger partial charge in [0.05, 0.1) is 11.3 Å². The molecule has 112 valence electrons. The van der Waals surface area contributed by atoms with Crippen molar-refractivity contribution < 1.29 is 4.79 Å². The van der Waals surface area contributed by atoms with E-state index in [0.29, 0.717) is 17.7 Å². The van der Waals surface area contributed by atoms with Crippen LogP contribution in [-0.4, -0.2) is 18.5 Å². The second kappa shape index (κ2) is 6.73. The maximum absolute atomic E-state index is 12.4.